The zero-order chi connectivity index (χ0) is 17.3. The number of aromatic nitrogens is 2. The van der Waals surface area contributed by atoms with Gasteiger partial charge in [-0.3, -0.25) is 14.3 Å². The van der Waals surface area contributed by atoms with Crippen molar-refractivity contribution in [1.82, 2.24) is 14.7 Å². The molecule has 1 heterocycles. The predicted molar refractivity (Wildman–Crippen MR) is 92.9 cm³/mol. The number of aldehydes is 1. The first-order valence-corrected chi connectivity index (χ1v) is 8.70. The van der Waals surface area contributed by atoms with Gasteiger partial charge in [-0.25, -0.2) is 0 Å². The van der Waals surface area contributed by atoms with Crippen LogP contribution in [0, 0.1) is 0 Å². The lowest BCUT2D eigenvalue weighted by Crippen LogP contribution is -2.46. The summed E-state index contributed by atoms with van der Waals surface area (Å²) in [6, 6.07) is 5.66. The maximum Gasteiger partial charge on any atom is 0.244 e. The molecule has 24 heavy (non-hydrogen) atoms. The van der Waals surface area contributed by atoms with Gasteiger partial charge in [-0.05, 0) is 37.5 Å². The first-order chi connectivity index (χ1) is 11.5. The molecule has 1 aliphatic rings. The molecule has 0 unspecified atom stereocenters. The molecule has 6 nitrogen and oxygen atoms in total. The van der Waals surface area contributed by atoms with E-state index in [0.29, 0.717) is 5.69 Å². The summed E-state index contributed by atoms with van der Waals surface area (Å²) >= 11 is 3.39. The van der Waals surface area contributed by atoms with E-state index in [-0.39, 0.29) is 30.8 Å². The van der Waals surface area contributed by atoms with Gasteiger partial charge in [-0.1, -0.05) is 15.9 Å². The molecule has 3 rings (SSSR count). The molecule has 126 valence electrons. The minimum Gasteiger partial charge on any atom is -0.331 e. The molecule has 0 N–H and O–H groups in total. The second-order valence-electron chi connectivity index (χ2n) is 6.02. The third-order valence-electron chi connectivity index (χ3n) is 4.44. The minimum absolute atomic E-state index is 0.0236. The molecule has 1 saturated carbocycles. The second-order valence-corrected chi connectivity index (χ2v) is 6.94. The van der Waals surface area contributed by atoms with Crippen molar-refractivity contribution >= 4 is 44.8 Å². The molecule has 2 aromatic rings. The third-order valence-corrected chi connectivity index (χ3v) is 4.93. The van der Waals surface area contributed by atoms with E-state index >= 15 is 0 Å². The number of amides is 1. The molecule has 7 heteroatoms. The van der Waals surface area contributed by atoms with Crippen molar-refractivity contribution in [2.24, 2.45) is 0 Å². The van der Waals surface area contributed by atoms with Crippen LogP contribution in [0.25, 0.3) is 10.9 Å². The summed E-state index contributed by atoms with van der Waals surface area (Å²) in [5.74, 6) is -0.290. The van der Waals surface area contributed by atoms with Gasteiger partial charge in [0.05, 0.1) is 12.1 Å². The Bertz CT molecular complexity index is 811. The Labute approximate surface area is 147 Å². The van der Waals surface area contributed by atoms with E-state index in [1.165, 1.54) is 6.92 Å². The number of carbonyl (C=O) groups is 3. The molecule has 0 aliphatic heterocycles. The molecule has 0 spiro atoms. The predicted octanol–water partition coefficient (Wildman–Crippen LogP) is 2.58. The number of hydrogen-bond donors (Lipinski definition) is 0. The smallest absolute Gasteiger partial charge is 0.244 e. The largest absolute Gasteiger partial charge is 0.331 e. The van der Waals surface area contributed by atoms with E-state index in [9.17, 15) is 14.4 Å². The SMILES string of the molecule is CC(=O)c1nn(CC(=O)N(CC=O)C2CCC2)c2ccc(Br)cc12. The van der Waals surface area contributed by atoms with Gasteiger partial charge in [0.2, 0.25) is 5.91 Å². The maximum absolute atomic E-state index is 12.6. The van der Waals surface area contributed by atoms with Gasteiger partial charge >= 0.3 is 0 Å². The van der Waals surface area contributed by atoms with Crippen LogP contribution in [0.1, 0.15) is 36.7 Å². The average molecular weight is 392 g/mol. The zero-order valence-corrected chi connectivity index (χ0v) is 15.0. The van der Waals surface area contributed by atoms with Crippen molar-refractivity contribution in [1.29, 1.82) is 0 Å². The molecule has 1 amide bonds. The molecular formula is C17H18BrN3O3. The first-order valence-electron chi connectivity index (χ1n) is 7.91. The van der Waals surface area contributed by atoms with Crippen molar-refractivity contribution in [3.05, 3.63) is 28.4 Å². The molecule has 0 radical (unpaired) electrons. The Morgan fingerprint density at radius 3 is 2.75 bits per heavy atom. The molecule has 1 aromatic carbocycles. The highest BCUT2D eigenvalue weighted by molar-refractivity contribution is 9.10. The molecular weight excluding hydrogens is 374 g/mol. The van der Waals surface area contributed by atoms with Gasteiger partial charge in [0.25, 0.3) is 0 Å². The van der Waals surface area contributed by atoms with Gasteiger partial charge < -0.3 is 9.69 Å². The molecule has 1 aromatic heterocycles. The van der Waals surface area contributed by atoms with Gasteiger partial charge in [-0.15, -0.1) is 0 Å². The van der Waals surface area contributed by atoms with Gasteiger partial charge in [-0.2, -0.15) is 5.10 Å². The van der Waals surface area contributed by atoms with E-state index in [2.05, 4.69) is 21.0 Å². The van der Waals surface area contributed by atoms with Crippen molar-refractivity contribution in [3.63, 3.8) is 0 Å². The molecule has 1 fully saturated rings. The van der Waals surface area contributed by atoms with E-state index in [4.69, 9.17) is 0 Å². The van der Waals surface area contributed by atoms with Crippen molar-refractivity contribution in [3.8, 4) is 0 Å². The summed E-state index contributed by atoms with van der Waals surface area (Å²) in [6.07, 6.45) is 3.71. The molecule has 0 atom stereocenters. The average Bonchev–Trinajstić information content (AvgIpc) is 2.83. The number of carbonyl (C=O) groups excluding carboxylic acids is 3. The highest BCUT2D eigenvalue weighted by atomic mass is 79.9. The summed E-state index contributed by atoms with van der Waals surface area (Å²) in [7, 11) is 0. The number of hydrogen-bond acceptors (Lipinski definition) is 4. The van der Waals surface area contributed by atoms with Crippen LogP contribution in [0.4, 0.5) is 0 Å². The van der Waals surface area contributed by atoms with Crippen LogP contribution >= 0.6 is 15.9 Å². The topological polar surface area (TPSA) is 72.3 Å². The number of halogens is 1. The van der Waals surface area contributed by atoms with Crippen molar-refractivity contribution in [2.45, 2.75) is 38.8 Å². The van der Waals surface area contributed by atoms with E-state index in [1.807, 2.05) is 18.2 Å². The maximum atomic E-state index is 12.6. The molecule has 0 saturated heterocycles. The molecule has 0 bridgehead atoms. The van der Waals surface area contributed by atoms with Crippen LogP contribution < -0.4 is 0 Å². The quantitative estimate of drug-likeness (QED) is 0.560. The number of benzene rings is 1. The highest BCUT2D eigenvalue weighted by Crippen LogP contribution is 2.26. The number of fused-ring (bicyclic) bond motifs is 1. The summed E-state index contributed by atoms with van der Waals surface area (Å²) in [6.45, 7) is 1.59. The number of nitrogens with zero attached hydrogens (tertiary/aromatic N) is 3. The van der Waals surface area contributed by atoms with Crippen molar-refractivity contribution in [2.75, 3.05) is 6.54 Å². The number of rotatable bonds is 6. The fraction of sp³-hybridized carbons (Fsp3) is 0.412. The normalized spacial score (nSPS) is 14.4. The standard InChI is InChI=1S/C17H18BrN3O3/c1-11(23)17-14-9-12(18)5-6-15(14)21(19-17)10-16(24)20(7-8-22)13-3-2-4-13/h5-6,8-9,13H,2-4,7,10H2,1H3. The Kier molecular flexibility index (Phi) is 4.80. The van der Waals surface area contributed by atoms with Crippen LogP contribution in [0.3, 0.4) is 0 Å². The Morgan fingerprint density at radius 2 is 2.17 bits per heavy atom. The lowest BCUT2D eigenvalue weighted by Gasteiger charge is -2.36. The fourth-order valence-corrected chi connectivity index (χ4v) is 3.35. The lowest BCUT2D eigenvalue weighted by molar-refractivity contribution is -0.137. The lowest BCUT2D eigenvalue weighted by atomic mass is 9.91. The van der Waals surface area contributed by atoms with Crippen LogP contribution in [0.2, 0.25) is 0 Å². The summed E-state index contributed by atoms with van der Waals surface area (Å²) in [5.41, 5.74) is 1.08. The Morgan fingerprint density at radius 1 is 1.42 bits per heavy atom. The summed E-state index contributed by atoms with van der Waals surface area (Å²) < 4.78 is 2.40. The van der Waals surface area contributed by atoms with Crippen molar-refractivity contribution < 1.29 is 14.4 Å². The van der Waals surface area contributed by atoms with Crippen LogP contribution in [-0.2, 0) is 16.1 Å². The van der Waals surface area contributed by atoms with E-state index < -0.39 is 0 Å². The highest BCUT2D eigenvalue weighted by Gasteiger charge is 2.29. The van der Waals surface area contributed by atoms with Crippen LogP contribution in [0.5, 0.6) is 0 Å². The van der Waals surface area contributed by atoms with Gasteiger partial charge in [0, 0.05) is 22.8 Å². The molecule has 1 aliphatic carbocycles. The van der Waals surface area contributed by atoms with E-state index in [0.717, 1.165) is 40.9 Å². The zero-order valence-electron chi connectivity index (χ0n) is 13.4. The summed E-state index contributed by atoms with van der Waals surface area (Å²) in [5, 5.41) is 5.04. The third kappa shape index (κ3) is 3.13. The Balaban J connectivity index is 1.92. The monoisotopic (exact) mass is 391 g/mol. The van der Waals surface area contributed by atoms with Crippen LogP contribution in [-0.4, -0.2) is 45.2 Å². The number of ketones is 1. The second kappa shape index (κ2) is 6.84. The van der Waals surface area contributed by atoms with Gasteiger partial charge in [0.15, 0.2) is 5.78 Å². The first kappa shape index (κ1) is 16.8. The summed E-state index contributed by atoms with van der Waals surface area (Å²) in [4.78, 5) is 37.0. The minimum atomic E-state index is -0.145. The number of Topliss-reactive ketones (excluding diaryl/α,β-unsaturated/α-hetero) is 1. The Hall–Kier alpha value is -2.02. The fourth-order valence-electron chi connectivity index (χ4n) is 2.98. The van der Waals surface area contributed by atoms with Crippen LogP contribution in [0.15, 0.2) is 22.7 Å². The van der Waals surface area contributed by atoms with Gasteiger partial charge in [0.1, 0.15) is 18.5 Å². The van der Waals surface area contributed by atoms with E-state index in [1.54, 1.807) is 9.58 Å².